The second kappa shape index (κ2) is 8.11. The number of halogens is 1. The standard InChI is InChI=1S/C14H20ClNO2/c1-11(12-7-4-5-8-13(12)15)16-10-6-2-3-9-14(17)18/h4-5,7-8,11,16H,2-3,6,9-10H2,1H3,(H,17,18)/t11-/m0/s1. The molecule has 1 aromatic carbocycles. The fraction of sp³-hybridized carbons (Fsp3) is 0.500. The molecule has 0 saturated heterocycles. The average molecular weight is 270 g/mol. The molecule has 1 rings (SSSR count). The molecule has 0 bridgehead atoms. The first-order valence-corrected chi connectivity index (χ1v) is 6.68. The summed E-state index contributed by atoms with van der Waals surface area (Å²) in [4.78, 5) is 10.3. The number of nitrogens with one attached hydrogen (secondary N) is 1. The van der Waals surface area contributed by atoms with Crippen molar-refractivity contribution in [2.24, 2.45) is 0 Å². The van der Waals surface area contributed by atoms with Gasteiger partial charge in [0.25, 0.3) is 0 Å². The van der Waals surface area contributed by atoms with E-state index >= 15 is 0 Å². The van der Waals surface area contributed by atoms with Gasteiger partial charge in [-0.15, -0.1) is 0 Å². The van der Waals surface area contributed by atoms with Gasteiger partial charge < -0.3 is 10.4 Å². The molecule has 100 valence electrons. The second-order valence-electron chi connectivity index (χ2n) is 4.40. The number of carboxylic acid groups (broad SMARTS) is 1. The van der Waals surface area contributed by atoms with Crippen LogP contribution in [-0.4, -0.2) is 17.6 Å². The number of carboxylic acids is 1. The van der Waals surface area contributed by atoms with Gasteiger partial charge in [-0.25, -0.2) is 0 Å². The van der Waals surface area contributed by atoms with Crippen molar-refractivity contribution in [3.8, 4) is 0 Å². The number of unbranched alkanes of at least 4 members (excludes halogenated alkanes) is 2. The lowest BCUT2D eigenvalue weighted by atomic mass is 10.1. The lowest BCUT2D eigenvalue weighted by Crippen LogP contribution is -2.20. The maximum Gasteiger partial charge on any atom is 0.303 e. The SMILES string of the molecule is C[C@H](NCCCCCC(=O)O)c1ccccc1Cl. The summed E-state index contributed by atoms with van der Waals surface area (Å²) in [6.07, 6.45) is 2.94. The molecule has 1 atom stereocenters. The highest BCUT2D eigenvalue weighted by Gasteiger charge is 2.07. The maximum atomic E-state index is 10.3. The molecule has 3 nitrogen and oxygen atoms in total. The zero-order valence-corrected chi connectivity index (χ0v) is 11.4. The number of aliphatic carboxylic acids is 1. The molecule has 0 heterocycles. The van der Waals surface area contributed by atoms with Gasteiger partial charge in [-0.3, -0.25) is 4.79 Å². The van der Waals surface area contributed by atoms with Crippen LogP contribution in [0.3, 0.4) is 0 Å². The van der Waals surface area contributed by atoms with Gasteiger partial charge in [0.05, 0.1) is 0 Å². The molecule has 0 aliphatic carbocycles. The molecule has 0 aliphatic heterocycles. The van der Waals surface area contributed by atoms with Crippen LogP contribution >= 0.6 is 11.6 Å². The zero-order chi connectivity index (χ0) is 13.4. The Morgan fingerprint density at radius 1 is 1.33 bits per heavy atom. The Morgan fingerprint density at radius 2 is 2.06 bits per heavy atom. The van der Waals surface area contributed by atoms with E-state index in [1.54, 1.807) is 0 Å². The summed E-state index contributed by atoms with van der Waals surface area (Å²) in [6.45, 7) is 2.96. The quantitative estimate of drug-likeness (QED) is 0.709. The highest BCUT2D eigenvalue weighted by molar-refractivity contribution is 6.31. The van der Waals surface area contributed by atoms with E-state index < -0.39 is 5.97 Å². The van der Waals surface area contributed by atoms with Crippen LogP contribution in [0.1, 0.15) is 44.2 Å². The maximum absolute atomic E-state index is 10.3. The molecule has 18 heavy (non-hydrogen) atoms. The van der Waals surface area contributed by atoms with Crippen LogP contribution in [0.15, 0.2) is 24.3 Å². The molecule has 0 radical (unpaired) electrons. The Labute approximate surface area is 113 Å². The Kier molecular flexibility index (Phi) is 6.76. The molecule has 4 heteroatoms. The first-order chi connectivity index (χ1) is 8.61. The van der Waals surface area contributed by atoms with E-state index in [-0.39, 0.29) is 12.5 Å². The summed E-state index contributed by atoms with van der Waals surface area (Å²) in [6, 6.07) is 8.03. The van der Waals surface area contributed by atoms with Crippen molar-refractivity contribution in [1.29, 1.82) is 0 Å². The van der Waals surface area contributed by atoms with Gasteiger partial charge in [-0.1, -0.05) is 36.2 Å². The molecular weight excluding hydrogens is 250 g/mol. The highest BCUT2D eigenvalue weighted by atomic mass is 35.5. The largest absolute Gasteiger partial charge is 0.481 e. The Morgan fingerprint density at radius 3 is 2.72 bits per heavy atom. The number of benzene rings is 1. The van der Waals surface area contributed by atoms with Crippen LogP contribution < -0.4 is 5.32 Å². The lowest BCUT2D eigenvalue weighted by molar-refractivity contribution is -0.137. The van der Waals surface area contributed by atoms with Gasteiger partial charge in [0, 0.05) is 17.5 Å². The van der Waals surface area contributed by atoms with Crippen molar-refractivity contribution in [2.75, 3.05) is 6.54 Å². The smallest absolute Gasteiger partial charge is 0.303 e. The van der Waals surface area contributed by atoms with Gasteiger partial charge in [0.15, 0.2) is 0 Å². The van der Waals surface area contributed by atoms with E-state index in [9.17, 15) is 4.79 Å². The Hall–Kier alpha value is -1.06. The molecule has 0 unspecified atom stereocenters. The van der Waals surface area contributed by atoms with E-state index in [2.05, 4.69) is 12.2 Å². The van der Waals surface area contributed by atoms with Gasteiger partial charge in [0.1, 0.15) is 0 Å². The minimum Gasteiger partial charge on any atom is -0.481 e. The molecule has 0 spiro atoms. The van der Waals surface area contributed by atoms with Crippen LogP contribution in [0, 0.1) is 0 Å². The highest BCUT2D eigenvalue weighted by Crippen LogP contribution is 2.21. The third kappa shape index (κ3) is 5.52. The Bertz CT molecular complexity index is 382. The summed E-state index contributed by atoms with van der Waals surface area (Å²) < 4.78 is 0. The molecule has 0 aromatic heterocycles. The molecule has 0 amide bonds. The van der Waals surface area contributed by atoms with E-state index in [0.29, 0.717) is 0 Å². The van der Waals surface area contributed by atoms with Crippen molar-refractivity contribution < 1.29 is 9.90 Å². The summed E-state index contributed by atoms with van der Waals surface area (Å²) in [5, 5.41) is 12.7. The van der Waals surface area contributed by atoms with E-state index in [0.717, 1.165) is 36.4 Å². The normalized spacial score (nSPS) is 12.3. The molecule has 0 fully saturated rings. The summed E-state index contributed by atoms with van der Waals surface area (Å²) in [5.41, 5.74) is 1.10. The van der Waals surface area contributed by atoms with Gasteiger partial charge >= 0.3 is 5.97 Å². The number of hydrogen-bond donors (Lipinski definition) is 2. The van der Waals surface area contributed by atoms with Crippen molar-refractivity contribution in [3.63, 3.8) is 0 Å². The predicted octanol–water partition coefficient (Wildman–Crippen LogP) is 3.64. The summed E-state index contributed by atoms with van der Waals surface area (Å²) >= 11 is 6.11. The third-order valence-electron chi connectivity index (χ3n) is 2.89. The number of rotatable bonds is 8. The first-order valence-electron chi connectivity index (χ1n) is 6.31. The lowest BCUT2D eigenvalue weighted by Gasteiger charge is -2.15. The van der Waals surface area contributed by atoms with E-state index in [4.69, 9.17) is 16.7 Å². The second-order valence-corrected chi connectivity index (χ2v) is 4.81. The van der Waals surface area contributed by atoms with Crippen LogP contribution in [0.25, 0.3) is 0 Å². The average Bonchev–Trinajstić information content (AvgIpc) is 2.33. The third-order valence-corrected chi connectivity index (χ3v) is 3.23. The fourth-order valence-electron chi connectivity index (χ4n) is 1.83. The fourth-order valence-corrected chi connectivity index (χ4v) is 2.13. The summed E-state index contributed by atoms with van der Waals surface area (Å²) in [5.74, 6) is -0.715. The van der Waals surface area contributed by atoms with Gasteiger partial charge in [-0.05, 0) is 37.9 Å². The van der Waals surface area contributed by atoms with Crippen LogP contribution in [0.2, 0.25) is 5.02 Å². The molecule has 2 N–H and O–H groups in total. The van der Waals surface area contributed by atoms with Gasteiger partial charge in [0.2, 0.25) is 0 Å². The van der Waals surface area contributed by atoms with Crippen molar-refractivity contribution in [3.05, 3.63) is 34.9 Å². The van der Waals surface area contributed by atoms with Crippen LogP contribution in [0.4, 0.5) is 0 Å². The monoisotopic (exact) mass is 269 g/mol. The minimum atomic E-state index is -0.715. The number of carbonyl (C=O) groups is 1. The first kappa shape index (κ1) is 15.0. The molecular formula is C14H20ClNO2. The predicted molar refractivity (Wildman–Crippen MR) is 74.0 cm³/mol. The molecule has 1 aromatic rings. The Balaban J connectivity index is 2.20. The molecule has 0 saturated carbocycles. The topological polar surface area (TPSA) is 49.3 Å². The van der Waals surface area contributed by atoms with Crippen molar-refractivity contribution in [1.82, 2.24) is 5.32 Å². The van der Waals surface area contributed by atoms with Gasteiger partial charge in [-0.2, -0.15) is 0 Å². The van der Waals surface area contributed by atoms with E-state index in [1.165, 1.54) is 0 Å². The van der Waals surface area contributed by atoms with Crippen molar-refractivity contribution >= 4 is 17.6 Å². The zero-order valence-electron chi connectivity index (χ0n) is 10.7. The van der Waals surface area contributed by atoms with Crippen molar-refractivity contribution in [2.45, 2.75) is 38.6 Å². The number of hydrogen-bond acceptors (Lipinski definition) is 2. The van der Waals surface area contributed by atoms with E-state index in [1.807, 2.05) is 24.3 Å². The minimum absolute atomic E-state index is 0.221. The van der Waals surface area contributed by atoms with Crippen LogP contribution in [-0.2, 0) is 4.79 Å². The molecule has 0 aliphatic rings. The summed E-state index contributed by atoms with van der Waals surface area (Å²) in [7, 11) is 0. The van der Waals surface area contributed by atoms with Crippen LogP contribution in [0.5, 0.6) is 0 Å².